The van der Waals surface area contributed by atoms with Crippen molar-refractivity contribution in [1.29, 1.82) is 0 Å². The lowest BCUT2D eigenvalue weighted by atomic mass is 10.1. The van der Waals surface area contributed by atoms with Gasteiger partial charge in [-0.3, -0.25) is 9.59 Å². The number of hydrogen-bond acceptors (Lipinski definition) is 4. The fourth-order valence-corrected chi connectivity index (χ4v) is 1.46. The van der Waals surface area contributed by atoms with Gasteiger partial charge in [0.25, 0.3) is 11.5 Å². The van der Waals surface area contributed by atoms with Gasteiger partial charge in [0.1, 0.15) is 5.69 Å². The zero-order chi connectivity index (χ0) is 13.5. The van der Waals surface area contributed by atoms with Crippen LogP contribution in [0.1, 0.15) is 30.3 Å². The summed E-state index contributed by atoms with van der Waals surface area (Å²) in [5.74, 6) is -0.0418. The zero-order valence-electron chi connectivity index (χ0n) is 10.7. The van der Waals surface area contributed by atoms with Crippen LogP contribution in [0, 0.1) is 5.92 Å². The molecule has 0 saturated heterocycles. The highest BCUT2D eigenvalue weighted by atomic mass is 16.3. The lowest BCUT2D eigenvalue weighted by Gasteiger charge is -2.08. The minimum absolute atomic E-state index is 0.163. The number of aromatic nitrogens is 2. The maximum absolute atomic E-state index is 11.7. The smallest absolute Gasteiger partial charge is 0.271 e. The molecule has 2 N–H and O–H groups in total. The number of hydrogen-bond donors (Lipinski definition) is 2. The van der Waals surface area contributed by atoms with Gasteiger partial charge in [-0.1, -0.05) is 6.92 Å². The topological polar surface area (TPSA) is 84.2 Å². The Kier molecular flexibility index (Phi) is 5.51. The van der Waals surface area contributed by atoms with Gasteiger partial charge < -0.3 is 10.4 Å². The normalized spacial score (nSPS) is 12.2. The third kappa shape index (κ3) is 4.29. The van der Waals surface area contributed by atoms with Crippen molar-refractivity contribution >= 4 is 5.91 Å². The van der Waals surface area contributed by atoms with Crippen LogP contribution >= 0.6 is 0 Å². The number of carbonyl (C=O) groups excluding carboxylic acids is 1. The second-order valence-corrected chi connectivity index (χ2v) is 4.37. The van der Waals surface area contributed by atoms with Crippen molar-refractivity contribution in [2.24, 2.45) is 13.0 Å². The van der Waals surface area contributed by atoms with Gasteiger partial charge in [0.05, 0.1) is 0 Å². The quantitative estimate of drug-likeness (QED) is 0.694. The van der Waals surface area contributed by atoms with Crippen LogP contribution in [0.2, 0.25) is 0 Å². The summed E-state index contributed by atoms with van der Waals surface area (Å²) in [6.07, 6.45) is 1.66. The molecule has 0 aliphatic rings. The van der Waals surface area contributed by atoms with Crippen LogP contribution in [-0.2, 0) is 7.05 Å². The number of aryl methyl sites for hydroxylation is 1. The van der Waals surface area contributed by atoms with E-state index < -0.39 is 0 Å². The predicted molar refractivity (Wildman–Crippen MR) is 67.3 cm³/mol. The van der Waals surface area contributed by atoms with Gasteiger partial charge in [-0.25, -0.2) is 4.68 Å². The fraction of sp³-hybridized carbons (Fsp3) is 0.583. The largest absolute Gasteiger partial charge is 0.396 e. The molecule has 1 atom stereocenters. The number of nitrogens with one attached hydrogen (secondary N) is 1. The molecule has 0 aliphatic carbocycles. The predicted octanol–water partition coefficient (Wildman–Crippen LogP) is -0.0813. The molecule has 1 amide bonds. The van der Waals surface area contributed by atoms with E-state index in [0.717, 1.165) is 17.5 Å². The molecule has 1 aromatic rings. The van der Waals surface area contributed by atoms with Crippen LogP contribution in [0.25, 0.3) is 0 Å². The highest BCUT2D eigenvalue weighted by molar-refractivity contribution is 5.91. The van der Waals surface area contributed by atoms with Crippen LogP contribution in [0.5, 0.6) is 0 Å². The minimum atomic E-state index is -0.290. The van der Waals surface area contributed by atoms with E-state index in [2.05, 4.69) is 10.4 Å². The number of aliphatic hydroxyl groups is 1. The molecular formula is C12H19N3O3. The van der Waals surface area contributed by atoms with Crippen molar-refractivity contribution in [1.82, 2.24) is 15.1 Å². The lowest BCUT2D eigenvalue weighted by molar-refractivity contribution is 0.0945. The van der Waals surface area contributed by atoms with Gasteiger partial charge in [-0.15, -0.1) is 0 Å². The molecule has 18 heavy (non-hydrogen) atoms. The molecule has 0 spiro atoms. The molecular weight excluding hydrogens is 234 g/mol. The first kappa shape index (κ1) is 14.4. The first-order valence-corrected chi connectivity index (χ1v) is 5.98. The molecule has 1 unspecified atom stereocenters. The Balaban J connectivity index is 2.41. The van der Waals surface area contributed by atoms with Crippen LogP contribution in [0.15, 0.2) is 16.9 Å². The Morgan fingerprint density at radius 1 is 1.56 bits per heavy atom. The standard InChI is InChI=1S/C12H19N3O3/c1-9(8-16)4-3-7-13-12(18)10-5-6-11(17)15(2)14-10/h5-6,9,16H,3-4,7-8H2,1-2H3,(H,13,18). The van der Waals surface area contributed by atoms with Gasteiger partial charge in [0.2, 0.25) is 0 Å². The SMILES string of the molecule is CC(CO)CCCNC(=O)c1ccc(=O)n(C)n1. The summed E-state index contributed by atoms with van der Waals surface area (Å²) < 4.78 is 1.13. The maximum Gasteiger partial charge on any atom is 0.271 e. The van der Waals surface area contributed by atoms with Gasteiger partial charge in [-0.2, -0.15) is 5.10 Å². The molecule has 100 valence electrons. The van der Waals surface area contributed by atoms with E-state index in [0.29, 0.717) is 6.54 Å². The maximum atomic E-state index is 11.7. The third-order valence-electron chi connectivity index (χ3n) is 2.66. The highest BCUT2D eigenvalue weighted by Gasteiger charge is 2.08. The van der Waals surface area contributed by atoms with Crippen LogP contribution in [0.4, 0.5) is 0 Å². The first-order chi connectivity index (χ1) is 8.54. The van der Waals surface area contributed by atoms with E-state index in [-0.39, 0.29) is 29.7 Å². The number of rotatable bonds is 6. The van der Waals surface area contributed by atoms with Crippen molar-refractivity contribution in [2.75, 3.05) is 13.2 Å². The number of carbonyl (C=O) groups is 1. The van der Waals surface area contributed by atoms with Gasteiger partial charge in [-0.05, 0) is 24.8 Å². The van der Waals surface area contributed by atoms with Crippen molar-refractivity contribution in [3.8, 4) is 0 Å². The summed E-state index contributed by atoms with van der Waals surface area (Å²) in [4.78, 5) is 22.8. The molecule has 6 nitrogen and oxygen atoms in total. The monoisotopic (exact) mass is 253 g/mol. The minimum Gasteiger partial charge on any atom is -0.396 e. The molecule has 0 bridgehead atoms. The average Bonchev–Trinajstić information content (AvgIpc) is 2.37. The molecule has 0 saturated carbocycles. The molecule has 6 heteroatoms. The summed E-state index contributed by atoms with van der Waals surface area (Å²) in [6.45, 7) is 2.65. The number of nitrogens with zero attached hydrogens (tertiary/aromatic N) is 2. The second kappa shape index (κ2) is 6.90. The molecule has 1 rings (SSSR count). The van der Waals surface area contributed by atoms with Gasteiger partial charge in [0.15, 0.2) is 0 Å². The molecule has 0 radical (unpaired) electrons. The Hall–Kier alpha value is -1.69. The van der Waals surface area contributed by atoms with E-state index in [1.807, 2.05) is 6.92 Å². The highest BCUT2D eigenvalue weighted by Crippen LogP contribution is 2.02. The van der Waals surface area contributed by atoms with Crippen molar-refractivity contribution in [3.05, 3.63) is 28.2 Å². The zero-order valence-corrected chi connectivity index (χ0v) is 10.7. The van der Waals surface area contributed by atoms with Crippen LogP contribution in [0.3, 0.4) is 0 Å². The van der Waals surface area contributed by atoms with E-state index >= 15 is 0 Å². The van der Waals surface area contributed by atoms with E-state index in [4.69, 9.17) is 5.11 Å². The van der Waals surface area contributed by atoms with E-state index in [1.54, 1.807) is 0 Å². The molecule has 0 fully saturated rings. The van der Waals surface area contributed by atoms with Gasteiger partial charge in [0, 0.05) is 26.3 Å². The third-order valence-corrected chi connectivity index (χ3v) is 2.66. The van der Waals surface area contributed by atoms with Gasteiger partial charge >= 0.3 is 0 Å². The summed E-state index contributed by atoms with van der Waals surface area (Å²) in [5, 5.41) is 15.4. The number of aliphatic hydroxyl groups excluding tert-OH is 1. The second-order valence-electron chi connectivity index (χ2n) is 4.37. The molecule has 0 aliphatic heterocycles. The Morgan fingerprint density at radius 2 is 2.28 bits per heavy atom. The first-order valence-electron chi connectivity index (χ1n) is 5.98. The summed E-state index contributed by atoms with van der Waals surface area (Å²) in [5.41, 5.74) is -0.0179. The molecule has 1 aromatic heterocycles. The van der Waals surface area contributed by atoms with E-state index in [1.165, 1.54) is 19.2 Å². The van der Waals surface area contributed by atoms with Crippen LogP contribution < -0.4 is 10.9 Å². The van der Waals surface area contributed by atoms with Crippen LogP contribution in [-0.4, -0.2) is 33.9 Å². The summed E-state index contributed by atoms with van der Waals surface area (Å²) >= 11 is 0. The van der Waals surface area contributed by atoms with E-state index in [9.17, 15) is 9.59 Å². The Labute approximate surface area is 106 Å². The van der Waals surface area contributed by atoms with Crippen molar-refractivity contribution in [3.63, 3.8) is 0 Å². The fourth-order valence-electron chi connectivity index (χ4n) is 1.46. The summed E-state index contributed by atoms with van der Waals surface area (Å²) in [6, 6.07) is 2.73. The lowest BCUT2D eigenvalue weighted by Crippen LogP contribution is -2.29. The molecule has 1 heterocycles. The average molecular weight is 253 g/mol. The summed E-state index contributed by atoms with van der Waals surface area (Å²) in [7, 11) is 1.50. The van der Waals surface area contributed by atoms with Crippen molar-refractivity contribution < 1.29 is 9.90 Å². The Morgan fingerprint density at radius 3 is 2.89 bits per heavy atom. The number of amides is 1. The molecule has 0 aromatic carbocycles. The Bertz CT molecular complexity index is 456. The van der Waals surface area contributed by atoms with Crippen molar-refractivity contribution in [2.45, 2.75) is 19.8 Å².